The summed E-state index contributed by atoms with van der Waals surface area (Å²) in [6.07, 6.45) is 3.04. The summed E-state index contributed by atoms with van der Waals surface area (Å²) >= 11 is 0. The van der Waals surface area contributed by atoms with Crippen molar-refractivity contribution in [3.05, 3.63) is 42.2 Å². The normalized spacial score (nSPS) is 19.6. The van der Waals surface area contributed by atoms with Gasteiger partial charge in [-0.25, -0.2) is 17.6 Å². The average molecular weight is 285 g/mol. The third kappa shape index (κ3) is 2.52. The fraction of sp³-hybridized carbons (Fsp3) is 0.250. The largest absolute Gasteiger partial charge is 0.468 e. The molecule has 0 radical (unpaired) electrons. The lowest BCUT2D eigenvalue weighted by atomic mass is 10.3. The maximum Gasteiger partial charge on any atom is 0.328 e. The Morgan fingerprint density at radius 2 is 2.00 bits per heavy atom. The average Bonchev–Trinajstić information content (AvgIpc) is 2.88. The highest BCUT2D eigenvalue weighted by atomic mass is 32.2. The van der Waals surface area contributed by atoms with E-state index in [1.54, 1.807) is 6.08 Å². The topological polar surface area (TPSA) is 63.7 Å². The van der Waals surface area contributed by atoms with Crippen LogP contribution in [0.25, 0.3) is 0 Å². The first-order chi connectivity index (χ1) is 8.96. The Morgan fingerprint density at radius 3 is 2.58 bits per heavy atom. The molecule has 0 bridgehead atoms. The summed E-state index contributed by atoms with van der Waals surface area (Å²) in [5, 5.41) is 0. The minimum Gasteiger partial charge on any atom is -0.468 e. The Kier molecular flexibility index (Phi) is 3.68. The second-order valence-electron chi connectivity index (χ2n) is 3.92. The second-order valence-corrected chi connectivity index (χ2v) is 5.82. The number of nitrogens with zero attached hydrogens (tertiary/aromatic N) is 1. The van der Waals surface area contributed by atoms with Crippen LogP contribution in [0.4, 0.5) is 4.39 Å². The maximum absolute atomic E-state index is 12.8. The molecule has 1 aromatic rings. The van der Waals surface area contributed by atoms with Gasteiger partial charge in [0.25, 0.3) is 0 Å². The van der Waals surface area contributed by atoms with Gasteiger partial charge in [-0.15, -0.1) is 0 Å². The number of carbonyl (C=O) groups excluding carboxylic acids is 1. The molecule has 0 saturated carbocycles. The summed E-state index contributed by atoms with van der Waals surface area (Å²) < 4.78 is 43.0. The highest BCUT2D eigenvalue weighted by Gasteiger charge is 2.37. The predicted octanol–water partition coefficient (Wildman–Crippen LogP) is 0.928. The first-order valence-corrected chi connectivity index (χ1v) is 6.92. The monoisotopic (exact) mass is 285 g/mol. The molecular formula is C12H12FNO4S. The fourth-order valence-corrected chi connectivity index (χ4v) is 3.30. The molecule has 0 saturated heterocycles. The summed E-state index contributed by atoms with van der Waals surface area (Å²) in [7, 11) is -2.66. The zero-order chi connectivity index (χ0) is 14.0. The number of benzene rings is 1. The molecule has 0 fully saturated rings. The SMILES string of the molecule is COC(=O)[C@@H]1C=CCN1S(=O)(=O)c1ccc(F)cc1. The molecule has 102 valence electrons. The summed E-state index contributed by atoms with van der Waals surface area (Å²) in [5.41, 5.74) is 0. The van der Waals surface area contributed by atoms with Crippen molar-refractivity contribution < 1.29 is 22.3 Å². The van der Waals surface area contributed by atoms with Crippen molar-refractivity contribution in [1.29, 1.82) is 0 Å². The fourth-order valence-electron chi connectivity index (χ4n) is 1.81. The van der Waals surface area contributed by atoms with E-state index in [0.717, 1.165) is 28.6 Å². The van der Waals surface area contributed by atoms with E-state index in [0.29, 0.717) is 0 Å². The van der Waals surface area contributed by atoms with Gasteiger partial charge in [0.1, 0.15) is 11.9 Å². The molecule has 1 heterocycles. The lowest BCUT2D eigenvalue weighted by molar-refractivity contribution is -0.143. The molecule has 1 aromatic carbocycles. The molecule has 0 aromatic heterocycles. The third-order valence-corrected chi connectivity index (χ3v) is 4.64. The Morgan fingerprint density at radius 1 is 1.37 bits per heavy atom. The smallest absolute Gasteiger partial charge is 0.328 e. The van der Waals surface area contributed by atoms with E-state index in [1.165, 1.54) is 13.2 Å². The molecule has 0 unspecified atom stereocenters. The number of hydrogen-bond donors (Lipinski definition) is 0. The van der Waals surface area contributed by atoms with Gasteiger partial charge in [0.15, 0.2) is 0 Å². The van der Waals surface area contributed by atoms with Gasteiger partial charge in [0.05, 0.1) is 12.0 Å². The van der Waals surface area contributed by atoms with Crippen LogP contribution in [0.5, 0.6) is 0 Å². The second kappa shape index (κ2) is 5.10. The van der Waals surface area contributed by atoms with Gasteiger partial charge in [0.2, 0.25) is 10.0 Å². The van der Waals surface area contributed by atoms with E-state index >= 15 is 0 Å². The minimum absolute atomic E-state index is 0.0634. The van der Waals surface area contributed by atoms with E-state index < -0.39 is 27.9 Å². The molecular weight excluding hydrogens is 273 g/mol. The molecule has 1 aliphatic heterocycles. The van der Waals surface area contributed by atoms with Crippen molar-refractivity contribution in [2.24, 2.45) is 0 Å². The minimum atomic E-state index is -3.86. The van der Waals surface area contributed by atoms with Gasteiger partial charge in [-0.3, -0.25) is 0 Å². The van der Waals surface area contributed by atoms with E-state index in [1.807, 2.05) is 0 Å². The molecule has 1 atom stereocenters. The molecule has 19 heavy (non-hydrogen) atoms. The van der Waals surface area contributed by atoms with Crippen LogP contribution >= 0.6 is 0 Å². The molecule has 5 nitrogen and oxygen atoms in total. The van der Waals surface area contributed by atoms with Gasteiger partial charge in [0, 0.05) is 6.54 Å². The van der Waals surface area contributed by atoms with E-state index in [9.17, 15) is 17.6 Å². The van der Waals surface area contributed by atoms with Crippen LogP contribution in [0.1, 0.15) is 0 Å². The first kappa shape index (κ1) is 13.7. The molecule has 2 rings (SSSR count). The zero-order valence-electron chi connectivity index (χ0n) is 10.1. The molecule has 0 aliphatic carbocycles. The summed E-state index contributed by atoms with van der Waals surface area (Å²) in [6, 6.07) is 3.47. The quantitative estimate of drug-likeness (QED) is 0.612. The summed E-state index contributed by atoms with van der Waals surface area (Å²) in [5.74, 6) is -1.18. The van der Waals surface area contributed by atoms with Crippen LogP contribution in [0.15, 0.2) is 41.3 Å². The van der Waals surface area contributed by atoms with Gasteiger partial charge in [-0.1, -0.05) is 12.2 Å². The summed E-state index contributed by atoms with van der Waals surface area (Å²) in [6.45, 7) is 0.0828. The number of rotatable bonds is 3. The number of sulfonamides is 1. The predicted molar refractivity (Wildman–Crippen MR) is 65.2 cm³/mol. The highest BCUT2D eigenvalue weighted by molar-refractivity contribution is 7.89. The van der Waals surface area contributed by atoms with Crippen LogP contribution in [-0.2, 0) is 19.6 Å². The van der Waals surface area contributed by atoms with E-state index in [-0.39, 0.29) is 11.4 Å². The van der Waals surface area contributed by atoms with E-state index in [4.69, 9.17) is 0 Å². The standard InChI is InChI=1S/C12H12FNO4S/c1-18-12(15)11-3-2-8-14(11)19(16,17)10-6-4-9(13)5-7-10/h2-7,11H,8H2,1H3/t11-/m0/s1. The summed E-state index contributed by atoms with van der Waals surface area (Å²) in [4.78, 5) is 11.5. The lowest BCUT2D eigenvalue weighted by Crippen LogP contribution is -2.41. The highest BCUT2D eigenvalue weighted by Crippen LogP contribution is 2.23. The number of carbonyl (C=O) groups is 1. The maximum atomic E-state index is 12.8. The van der Waals surface area contributed by atoms with Crippen molar-refractivity contribution in [3.8, 4) is 0 Å². The number of hydrogen-bond acceptors (Lipinski definition) is 4. The number of methoxy groups -OCH3 is 1. The Balaban J connectivity index is 2.35. The van der Waals surface area contributed by atoms with Gasteiger partial charge >= 0.3 is 5.97 Å². The Hall–Kier alpha value is -1.73. The third-order valence-electron chi connectivity index (χ3n) is 2.78. The van der Waals surface area contributed by atoms with Gasteiger partial charge in [-0.05, 0) is 24.3 Å². The van der Waals surface area contributed by atoms with Crippen molar-refractivity contribution in [2.75, 3.05) is 13.7 Å². The zero-order valence-corrected chi connectivity index (χ0v) is 10.9. The van der Waals surface area contributed by atoms with Crippen molar-refractivity contribution >= 4 is 16.0 Å². The van der Waals surface area contributed by atoms with Gasteiger partial charge in [-0.2, -0.15) is 4.31 Å². The molecule has 0 amide bonds. The van der Waals surface area contributed by atoms with Crippen molar-refractivity contribution in [3.63, 3.8) is 0 Å². The van der Waals surface area contributed by atoms with Crippen LogP contribution in [-0.4, -0.2) is 38.4 Å². The van der Waals surface area contributed by atoms with Gasteiger partial charge < -0.3 is 4.74 Å². The Bertz CT molecular complexity index is 609. The van der Waals surface area contributed by atoms with Crippen molar-refractivity contribution in [1.82, 2.24) is 4.31 Å². The number of halogens is 1. The molecule has 0 spiro atoms. The number of esters is 1. The molecule has 7 heteroatoms. The van der Waals surface area contributed by atoms with Crippen molar-refractivity contribution in [2.45, 2.75) is 10.9 Å². The molecule has 1 aliphatic rings. The van der Waals surface area contributed by atoms with Crippen LogP contribution in [0, 0.1) is 5.82 Å². The lowest BCUT2D eigenvalue weighted by Gasteiger charge is -2.21. The van der Waals surface area contributed by atoms with Crippen LogP contribution in [0.3, 0.4) is 0 Å². The van der Waals surface area contributed by atoms with E-state index in [2.05, 4.69) is 4.74 Å². The molecule has 0 N–H and O–H groups in total. The van der Waals surface area contributed by atoms with Crippen LogP contribution in [0.2, 0.25) is 0 Å². The number of ether oxygens (including phenoxy) is 1. The first-order valence-electron chi connectivity index (χ1n) is 5.48. The Labute approximate surface area is 110 Å². The van der Waals surface area contributed by atoms with Crippen LogP contribution < -0.4 is 0 Å².